The molecule has 4 amide bonds. The molecule has 8 rings (SSSR count). The van der Waals surface area contributed by atoms with Crippen molar-refractivity contribution in [3.8, 4) is 34.3 Å². The van der Waals surface area contributed by atoms with E-state index in [2.05, 4.69) is 21.7 Å². The van der Waals surface area contributed by atoms with Gasteiger partial charge in [-0.3, -0.25) is 24.1 Å². The number of thiocarbonyl (C=S) groups is 1. The Bertz CT molecular complexity index is 2720. The Morgan fingerprint density at radius 2 is 1.64 bits per heavy atom. The van der Waals surface area contributed by atoms with Crippen LogP contribution in [0.4, 0.5) is 11.4 Å². The first-order valence-corrected chi connectivity index (χ1v) is 23.8. The summed E-state index contributed by atoms with van der Waals surface area (Å²) >= 11 is 12.2. The highest BCUT2D eigenvalue weighted by Gasteiger charge is 2.59. The SMILES string of the molecule is CC(C)(C)[C@H](NC(=O)COCCCCOc1ccc(-c2ccc(N3C(=S)N(c4ccc(C#N)c(Cl)c4)C(=O)C34CCC4)cc2)cc1)C(=O)N1C[C@H](O)C[C@H]1C(=O)NCc1ccc(-c2cnco2)cc1. The number of β-amino-alcohol motifs (C(OH)–C–C–N with tert-alkyl or cyclic N) is 1. The van der Waals surface area contributed by atoms with Gasteiger partial charge in [0.25, 0.3) is 5.91 Å². The zero-order chi connectivity index (χ0) is 48.9. The zero-order valence-electron chi connectivity index (χ0n) is 38.7. The molecular weight excluding hydrogens is 918 g/mol. The van der Waals surface area contributed by atoms with Gasteiger partial charge in [-0.2, -0.15) is 5.26 Å². The molecule has 3 N–H and O–H groups in total. The summed E-state index contributed by atoms with van der Waals surface area (Å²) in [6.45, 7) is 6.19. The lowest BCUT2D eigenvalue weighted by atomic mass is 9.75. The van der Waals surface area contributed by atoms with Crippen molar-refractivity contribution in [1.29, 1.82) is 5.26 Å². The number of halogens is 1. The van der Waals surface area contributed by atoms with Crippen molar-refractivity contribution in [2.75, 3.05) is 36.2 Å². The summed E-state index contributed by atoms with van der Waals surface area (Å²) in [4.78, 5) is 63.1. The van der Waals surface area contributed by atoms with Crippen molar-refractivity contribution in [2.24, 2.45) is 5.41 Å². The Balaban J connectivity index is 0.763. The summed E-state index contributed by atoms with van der Waals surface area (Å²) in [5.74, 6) is -0.0446. The fourth-order valence-electron chi connectivity index (χ4n) is 8.92. The van der Waals surface area contributed by atoms with Crippen LogP contribution in [0.25, 0.3) is 22.5 Å². The van der Waals surface area contributed by atoms with E-state index in [0.29, 0.717) is 66.8 Å². The van der Waals surface area contributed by atoms with Gasteiger partial charge >= 0.3 is 0 Å². The van der Waals surface area contributed by atoms with Crippen LogP contribution in [0.5, 0.6) is 5.75 Å². The molecule has 0 unspecified atom stereocenters. The fourth-order valence-corrected chi connectivity index (χ4v) is 9.61. The molecule has 1 saturated carbocycles. The minimum atomic E-state index is -0.966. The third-order valence-corrected chi connectivity index (χ3v) is 13.5. The molecule has 4 aromatic carbocycles. The van der Waals surface area contributed by atoms with Gasteiger partial charge in [-0.05, 0) is 109 Å². The number of nitrogens with one attached hydrogen (secondary N) is 2. The van der Waals surface area contributed by atoms with E-state index in [1.807, 2.05) is 98.5 Å². The van der Waals surface area contributed by atoms with Gasteiger partial charge in [-0.15, -0.1) is 0 Å². The summed E-state index contributed by atoms with van der Waals surface area (Å²) in [6.07, 6.45) is 5.79. The highest BCUT2D eigenvalue weighted by atomic mass is 35.5. The number of carbonyl (C=O) groups excluding carboxylic acids is 4. The molecule has 1 aromatic heterocycles. The predicted molar refractivity (Wildman–Crippen MR) is 264 cm³/mol. The van der Waals surface area contributed by atoms with Crippen LogP contribution in [0.2, 0.25) is 5.02 Å². The van der Waals surface area contributed by atoms with Gasteiger partial charge in [0.15, 0.2) is 17.3 Å². The number of benzene rings is 4. The number of hydrogen-bond acceptors (Lipinski definition) is 11. The van der Waals surface area contributed by atoms with Crippen LogP contribution >= 0.6 is 23.8 Å². The third-order valence-electron chi connectivity index (χ3n) is 12.8. The highest BCUT2D eigenvalue weighted by Crippen LogP contribution is 2.48. The maximum absolute atomic E-state index is 14.0. The van der Waals surface area contributed by atoms with Crippen LogP contribution in [0.1, 0.15) is 70.4 Å². The van der Waals surface area contributed by atoms with Crippen molar-refractivity contribution in [1.82, 2.24) is 20.5 Å². The second kappa shape index (κ2) is 20.9. The minimum absolute atomic E-state index is 0.0252. The second-order valence-electron chi connectivity index (χ2n) is 18.6. The van der Waals surface area contributed by atoms with Gasteiger partial charge in [0.1, 0.15) is 36.0 Å². The molecule has 358 valence electrons. The number of oxazole rings is 1. The highest BCUT2D eigenvalue weighted by molar-refractivity contribution is 7.81. The van der Waals surface area contributed by atoms with Gasteiger partial charge in [-0.25, -0.2) is 4.98 Å². The molecule has 3 heterocycles. The number of hydrogen-bond donors (Lipinski definition) is 3. The normalized spacial score (nSPS) is 17.9. The lowest BCUT2D eigenvalue weighted by molar-refractivity contribution is -0.144. The van der Waals surface area contributed by atoms with E-state index in [1.165, 1.54) is 16.2 Å². The number of likely N-dealkylation sites (tertiary alicyclic amines) is 1. The molecule has 0 radical (unpaired) electrons. The Morgan fingerprint density at radius 1 is 0.971 bits per heavy atom. The third kappa shape index (κ3) is 10.7. The average Bonchev–Trinajstić information content (AvgIpc) is 4.06. The molecule has 0 bridgehead atoms. The van der Waals surface area contributed by atoms with E-state index in [9.17, 15) is 29.5 Å². The predicted octanol–water partition coefficient (Wildman–Crippen LogP) is 7.58. The van der Waals surface area contributed by atoms with Crippen molar-refractivity contribution in [3.05, 3.63) is 120 Å². The number of rotatable bonds is 17. The number of carbonyl (C=O) groups is 4. The van der Waals surface area contributed by atoms with Crippen LogP contribution in [0, 0.1) is 16.7 Å². The van der Waals surface area contributed by atoms with Crippen molar-refractivity contribution in [2.45, 2.75) is 89.6 Å². The van der Waals surface area contributed by atoms with Gasteiger partial charge in [0.2, 0.25) is 17.7 Å². The number of nitrogens with zero attached hydrogens (tertiary/aromatic N) is 5. The van der Waals surface area contributed by atoms with Gasteiger partial charge < -0.3 is 39.4 Å². The maximum atomic E-state index is 14.0. The van der Waals surface area contributed by atoms with Gasteiger partial charge in [0, 0.05) is 37.4 Å². The summed E-state index contributed by atoms with van der Waals surface area (Å²) in [6, 6.07) is 28.3. The molecule has 2 aliphatic heterocycles. The van der Waals surface area contributed by atoms with E-state index < -0.39 is 46.9 Å². The Hall–Kier alpha value is -6.64. The average molecular weight is 973 g/mol. The lowest BCUT2D eigenvalue weighted by Crippen LogP contribution is -2.58. The molecule has 15 nitrogen and oxygen atoms in total. The molecule has 3 aliphatic rings. The van der Waals surface area contributed by atoms with Crippen LogP contribution in [0.15, 0.2) is 108 Å². The number of amides is 4. The molecule has 69 heavy (non-hydrogen) atoms. The lowest BCUT2D eigenvalue weighted by Gasteiger charge is -2.43. The number of anilines is 2. The molecule has 3 fully saturated rings. The van der Waals surface area contributed by atoms with E-state index >= 15 is 0 Å². The van der Waals surface area contributed by atoms with Crippen molar-refractivity contribution < 1.29 is 38.2 Å². The summed E-state index contributed by atoms with van der Waals surface area (Å²) < 4.78 is 17.0. The Labute approximate surface area is 411 Å². The van der Waals surface area contributed by atoms with E-state index in [-0.39, 0.29) is 37.0 Å². The Kier molecular flexibility index (Phi) is 14.8. The molecule has 1 aliphatic carbocycles. The molecule has 2 saturated heterocycles. The van der Waals surface area contributed by atoms with E-state index in [4.69, 9.17) is 37.7 Å². The van der Waals surface area contributed by atoms with Crippen LogP contribution < -0.4 is 25.2 Å². The standard InChI is InChI=1S/C52H54ClN7O8S/c1-51(2,3)46(48(64)58-30-40(61)26-43(58)47(63)56-28-33-7-9-36(10-8-33)44-29-55-32-68-44)57-45(62)31-66-23-4-5-24-67-41-19-14-35(15-20-41)34-11-16-38(17-12-34)60-50(69)59(49(65)52(60)21-6-22-52)39-18-13-37(27-54)42(53)25-39/h7-20,25,29,32,40,43,46,61H,4-6,21-24,26,28,30-31H2,1-3H3,(H,56,63)(H,57,62)/t40-,43+,46-/m1/s1. The number of aliphatic hydroxyl groups is 1. The number of aliphatic hydroxyl groups excluding tert-OH is 1. The van der Waals surface area contributed by atoms with Gasteiger partial charge in [-0.1, -0.05) is 80.9 Å². The summed E-state index contributed by atoms with van der Waals surface area (Å²) in [5.41, 5.74) is 3.91. The number of unbranched alkanes of at least 4 members (excludes halogenated alkanes) is 1. The van der Waals surface area contributed by atoms with Crippen LogP contribution in [0.3, 0.4) is 0 Å². The summed E-state index contributed by atoms with van der Waals surface area (Å²) in [5, 5.41) is 26.2. The minimum Gasteiger partial charge on any atom is -0.494 e. The summed E-state index contributed by atoms with van der Waals surface area (Å²) in [7, 11) is 0. The van der Waals surface area contributed by atoms with Crippen molar-refractivity contribution in [3.63, 3.8) is 0 Å². The zero-order valence-corrected chi connectivity index (χ0v) is 40.2. The molecule has 17 heteroatoms. The fraction of sp³-hybridized carbons (Fsp3) is 0.365. The Morgan fingerprint density at radius 3 is 2.26 bits per heavy atom. The number of nitriles is 1. The first-order chi connectivity index (χ1) is 33.2. The maximum Gasteiger partial charge on any atom is 0.259 e. The van der Waals surface area contributed by atoms with Crippen LogP contribution in [-0.2, 0) is 30.5 Å². The largest absolute Gasteiger partial charge is 0.494 e. The molecular formula is C52H54ClN7O8S. The smallest absolute Gasteiger partial charge is 0.259 e. The monoisotopic (exact) mass is 971 g/mol. The second-order valence-corrected chi connectivity index (χ2v) is 19.4. The first kappa shape index (κ1) is 48.8. The van der Waals surface area contributed by atoms with Crippen LogP contribution in [-0.4, -0.2) is 93.8 Å². The van der Waals surface area contributed by atoms with Crippen molar-refractivity contribution >= 4 is 63.9 Å². The molecule has 5 aromatic rings. The van der Waals surface area contributed by atoms with Gasteiger partial charge in [0.05, 0.1) is 35.2 Å². The number of ether oxygens (including phenoxy) is 2. The van der Waals surface area contributed by atoms with E-state index in [0.717, 1.165) is 34.4 Å². The number of aromatic nitrogens is 1. The first-order valence-electron chi connectivity index (χ1n) is 23.0. The topological polar surface area (TPSA) is 191 Å². The van der Waals surface area contributed by atoms with E-state index in [1.54, 1.807) is 24.4 Å². The quantitative estimate of drug-likeness (QED) is 0.0613. The molecule has 1 spiro atoms. The molecule has 3 atom stereocenters.